The summed E-state index contributed by atoms with van der Waals surface area (Å²) in [4.78, 5) is 7.83. The van der Waals surface area contributed by atoms with Crippen LogP contribution in [0.15, 0.2) is 18.3 Å². The Labute approximate surface area is 99.6 Å². The Morgan fingerprint density at radius 2 is 2.06 bits per heavy atom. The first kappa shape index (κ1) is 12.3. The van der Waals surface area contributed by atoms with E-state index in [9.17, 15) is 13.2 Å². The molecule has 3 N–H and O–H groups in total. The van der Waals surface area contributed by atoms with Gasteiger partial charge in [-0.25, -0.2) is 15.5 Å². The second kappa shape index (κ2) is 4.26. The Kier molecular flexibility index (Phi) is 2.91. The van der Waals surface area contributed by atoms with Crippen LogP contribution in [0, 0.1) is 6.92 Å². The van der Waals surface area contributed by atoms with Gasteiger partial charge in [0, 0.05) is 18.0 Å². The first-order valence-corrected chi connectivity index (χ1v) is 4.85. The van der Waals surface area contributed by atoms with Crippen molar-refractivity contribution in [1.29, 1.82) is 0 Å². The Hall–Kier alpha value is -2.16. The molecule has 2 aromatic heterocycles. The number of halogens is 3. The van der Waals surface area contributed by atoms with Crippen LogP contribution in [0.25, 0.3) is 5.82 Å². The van der Waals surface area contributed by atoms with E-state index in [4.69, 9.17) is 5.84 Å². The highest BCUT2D eigenvalue weighted by Crippen LogP contribution is 2.27. The van der Waals surface area contributed by atoms with E-state index < -0.39 is 11.9 Å². The number of nitrogens with one attached hydrogen (secondary N) is 1. The van der Waals surface area contributed by atoms with Gasteiger partial charge in [-0.05, 0) is 13.0 Å². The molecule has 2 rings (SSSR count). The average molecular weight is 258 g/mol. The van der Waals surface area contributed by atoms with Crippen molar-refractivity contribution < 1.29 is 13.2 Å². The lowest BCUT2D eigenvalue weighted by molar-refractivity contribution is -0.141. The van der Waals surface area contributed by atoms with Gasteiger partial charge >= 0.3 is 6.18 Å². The molecule has 6 nitrogen and oxygen atoms in total. The summed E-state index contributed by atoms with van der Waals surface area (Å²) in [6.45, 7) is 1.67. The maximum absolute atomic E-state index is 12.4. The molecule has 0 fully saturated rings. The van der Waals surface area contributed by atoms with E-state index in [0.717, 1.165) is 10.7 Å². The van der Waals surface area contributed by atoms with E-state index in [1.165, 1.54) is 12.3 Å². The normalized spacial score (nSPS) is 11.6. The molecular weight excluding hydrogens is 249 g/mol. The van der Waals surface area contributed by atoms with Crippen LogP contribution >= 0.6 is 0 Å². The topological polar surface area (TPSA) is 81.7 Å². The summed E-state index contributed by atoms with van der Waals surface area (Å²) in [5.74, 6) is 5.46. The molecule has 0 amide bonds. The van der Waals surface area contributed by atoms with Crippen molar-refractivity contribution in [2.45, 2.75) is 13.1 Å². The number of aryl methyl sites for hydroxylation is 1. The number of hydrazine groups is 1. The Morgan fingerprint density at radius 3 is 2.61 bits per heavy atom. The fourth-order valence-electron chi connectivity index (χ4n) is 1.34. The molecule has 0 aliphatic rings. The molecule has 2 aromatic rings. The van der Waals surface area contributed by atoms with E-state index in [1.54, 1.807) is 6.92 Å². The van der Waals surface area contributed by atoms with E-state index in [0.29, 0.717) is 5.69 Å². The van der Waals surface area contributed by atoms with Gasteiger partial charge in [-0.1, -0.05) is 0 Å². The fourth-order valence-corrected chi connectivity index (χ4v) is 1.34. The lowest BCUT2D eigenvalue weighted by Gasteiger charge is -2.05. The van der Waals surface area contributed by atoms with E-state index >= 15 is 0 Å². The predicted molar refractivity (Wildman–Crippen MR) is 56.7 cm³/mol. The Morgan fingerprint density at radius 1 is 1.33 bits per heavy atom. The second-order valence-corrected chi connectivity index (χ2v) is 3.48. The molecule has 0 aliphatic carbocycles. The van der Waals surface area contributed by atoms with Crippen LogP contribution in [0.4, 0.5) is 19.1 Å². The zero-order valence-electron chi connectivity index (χ0n) is 9.23. The molecule has 0 spiro atoms. The predicted octanol–water partition coefficient (Wildman–Crippen LogP) is 1.28. The summed E-state index contributed by atoms with van der Waals surface area (Å²) < 4.78 is 38.2. The number of nitrogen functional groups attached to an aromatic ring is 1. The van der Waals surface area contributed by atoms with Crippen LogP contribution in [0.5, 0.6) is 0 Å². The number of anilines is 1. The minimum atomic E-state index is -4.48. The van der Waals surface area contributed by atoms with Crippen LogP contribution in [0.2, 0.25) is 0 Å². The Bertz CT molecular complexity index is 562. The SMILES string of the molecule is Cc1cc(-n2ccc(C(F)(F)F)n2)nc(NN)n1. The van der Waals surface area contributed by atoms with Gasteiger partial charge in [-0.15, -0.1) is 0 Å². The average Bonchev–Trinajstić information content (AvgIpc) is 2.77. The van der Waals surface area contributed by atoms with Crippen molar-refractivity contribution in [2.24, 2.45) is 5.84 Å². The number of rotatable bonds is 2. The molecule has 0 unspecified atom stereocenters. The number of hydrogen-bond donors (Lipinski definition) is 2. The number of aromatic nitrogens is 4. The highest BCUT2D eigenvalue weighted by molar-refractivity contribution is 5.33. The minimum absolute atomic E-state index is 0.106. The van der Waals surface area contributed by atoms with Gasteiger partial charge in [0.25, 0.3) is 0 Å². The van der Waals surface area contributed by atoms with Crippen LogP contribution < -0.4 is 11.3 Å². The van der Waals surface area contributed by atoms with Gasteiger partial charge in [0.15, 0.2) is 11.5 Å². The van der Waals surface area contributed by atoms with Crippen molar-refractivity contribution in [3.8, 4) is 5.82 Å². The monoisotopic (exact) mass is 258 g/mol. The molecule has 0 atom stereocenters. The lowest BCUT2D eigenvalue weighted by Crippen LogP contribution is -2.13. The highest BCUT2D eigenvalue weighted by Gasteiger charge is 2.33. The number of alkyl halides is 3. The molecule has 18 heavy (non-hydrogen) atoms. The zero-order valence-corrected chi connectivity index (χ0v) is 9.23. The standard InChI is InChI=1S/C9H9F3N6/c1-5-4-7(15-8(14-5)16-13)18-3-2-6(17-18)9(10,11)12/h2-4H,13H2,1H3,(H,14,15,16). The van der Waals surface area contributed by atoms with Gasteiger partial charge < -0.3 is 0 Å². The molecule has 0 saturated carbocycles. The van der Waals surface area contributed by atoms with E-state index in [2.05, 4.69) is 20.5 Å². The summed E-state index contributed by atoms with van der Waals surface area (Å²) in [7, 11) is 0. The van der Waals surface area contributed by atoms with Gasteiger partial charge in [-0.2, -0.15) is 23.3 Å². The fraction of sp³-hybridized carbons (Fsp3) is 0.222. The summed E-state index contributed by atoms with van der Waals surface area (Å²) in [6.07, 6.45) is -3.31. The molecule has 0 radical (unpaired) electrons. The van der Waals surface area contributed by atoms with Crippen LogP contribution in [-0.4, -0.2) is 19.7 Å². The third-order valence-corrected chi connectivity index (χ3v) is 2.08. The molecule has 0 saturated heterocycles. The van der Waals surface area contributed by atoms with Crippen molar-refractivity contribution in [3.63, 3.8) is 0 Å². The summed E-state index contributed by atoms with van der Waals surface area (Å²) in [5, 5.41) is 3.40. The summed E-state index contributed by atoms with van der Waals surface area (Å²) in [5.41, 5.74) is 1.80. The van der Waals surface area contributed by atoms with E-state index in [-0.39, 0.29) is 11.8 Å². The van der Waals surface area contributed by atoms with Gasteiger partial charge in [-0.3, -0.25) is 5.43 Å². The lowest BCUT2D eigenvalue weighted by atomic mass is 10.4. The van der Waals surface area contributed by atoms with Gasteiger partial charge in [0.2, 0.25) is 5.95 Å². The number of nitrogens with two attached hydrogens (primary N) is 1. The van der Waals surface area contributed by atoms with Crippen LogP contribution in [0.3, 0.4) is 0 Å². The first-order valence-electron chi connectivity index (χ1n) is 4.85. The third-order valence-electron chi connectivity index (χ3n) is 2.08. The zero-order chi connectivity index (χ0) is 13.3. The quantitative estimate of drug-likeness (QED) is 0.626. The summed E-state index contributed by atoms with van der Waals surface area (Å²) >= 11 is 0. The Balaban J connectivity index is 2.43. The maximum Gasteiger partial charge on any atom is 0.435 e. The van der Waals surface area contributed by atoms with E-state index in [1.807, 2.05) is 0 Å². The largest absolute Gasteiger partial charge is 0.435 e. The smallest absolute Gasteiger partial charge is 0.292 e. The van der Waals surface area contributed by atoms with Crippen molar-refractivity contribution in [1.82, 2.24) is 19.7 Å². The van der Waals surface area contributed by atoms with Crippen molar-refractivity contribution >= 4 is 5.95 Å². The van der Waals surface area contributed by atoms with Gasteiger partial charge in [0.05, 0.1) is 0 Å². The number of nitrogens with zero attached hydrogens (tertiary/aromatic N) is 4. The highest BCUT2D eigenvalue weighted by atomic mass is 19.4. The molecule has 96 valence electrons. The number of hydrogen-bond acceptors (Lipinski definition) is 5. The summed E-state index contributed by atoms with van der Waals surface area (Å²) in [6, 6.07) is 2.36. The molecule has 2 heterocycles. The van der Waals surface area contributed by atoms with Gasteiger partial charge in [0.1, 0.15) is 0 Å². The van der Waals surface area contributed by atoms with Crippen LogP contribution in [0.1, 0.15) is 11.4 Å². The first-order chi connectivity index (χ1) is 8.40. The molecule has 0 bridgehead atoms. The minimum Gasteiger partial charge on any atom is -0.292 e. The molecule has 0 aromatic carbocycles. The van der Waals surface area contributed by atoms with Crippen molar-refractivity contribution in [2.75, 3.05) is 5.43 Å². The third kappa shape index (κ3) is 2.40. The maximum atomic E-state index is 12.4. The van der Waals surface area contributed by atoms with Crippen LogP contribution in [-0.2, 0) is 6.18 Å². The van der Waals surface area contributed by atoms with Crippen molar-refractivity contribution in [3.05, 3.63) is 29.7 Å². The molecule has 0 aliphatic heterocycles. The molecular formula is C9H9F3N6. The second-order valence-electron chi connectivity index (χ2n) is 3.48. The molecule has 9 heteroatoms.